The summed E-state index contributed by atoms with van der Waals surface area (Å²) >= 11 is 1.79. The predicted octanol–water partition coefficient (Wildman–Crippen LogP) is 1.94. The number of benzene rings is 2. The van der Waals surface area contributed by atoms with E-state index in [2.05, 4.69) is 4.72 Å². The van der Waals surface area contributed by atoms with Crippen molar-refractivity contribution in [3.63, 3.8) is 0 Å². The maximum Gasteiger partial charge on any atom is 0.243 e. The first-order valence-electron chi connectivity index (χ1n) is 10.7. The number of nitrogens with zero attached hydrogens (tertiary/aromatic N) is 1. The molecule has 0 radical (unpaired) electrons. The van der Waals surface area contributed by atoms with Crippen molar-refractivity contribution in [3.05, 3.63) is 42.5 Å². The monoisotopic (exact) mass is 465 g/mol. The van der Waals surface area contributed by atoms with E-state index in [4.69, 9.17) is 5.73 Å². The Morgan fingerprint density at radius 3 is 2.74 bits per heavy atom. The van der Waals surface area contributed by atoms with Gasteiger partial charge in [0, 0.05) is 18.3 Å². The summed E-state index contributed by atoms with van der Waals surface area (Å²) in [5.74, 6) is 1.44. The molecule has 1 aliphatic heterocycles. The number of hydrogen-bond donors (Lipinski definition) is 3. The van der Waals surface area contributed by atoms with Crippen LogP contribution >= 0.6 is 11.8 Å². The summed E-state index contributed by atoms with van der Waals surface area (Å²) in [6, 6.07) is 11.2. The first-order chi connectivity index (χ1) is 15.0. The number of carbonyl (C=O) groups is 1. The fourth-order valence-electron chi connectivity index (χ4n) is 3.82. The number of unbranched alkanes of at least 4 members (excludes halogenated alkanes) is 1. The van der Waals surface area contributed by atoms with E-state index >= 15 is 0 Å². The van der Waals surface area contributed by atoms with Gasteiger partial charge in [0.25, 0.3) is 0 Å². The van der Waals surface area contributed by atoms with Crippen molar-refractivity contribution >= 4 is 38.5 Å². The second kappa shape index (κ2) is 11.3. The highest BCUT2D eigenvalue weighted by Gasteiger charge is 2.35. The number of hydrogen-bond acceptors (Lipinski definition) is 6. The minimum absolute atomic E-state index is 0.0644. The Labute approximate surface area is 188 Å². The number of amides is 1. The Bertz CT molecular complexity index is 984. The lowest BCUT2D eigenvalue weighted by atomic mass is 10.1. The number of carbonyl (C=O) groups excluding carboxylic acids is 1. The molecule has 3 rings (SSSR count). The van der Waals surface area contributed by atoms with Crippen molar-refractivity contribution in [1.82, 2.24) is 9.62 Å². The van der Waals surface area contributed by atoms with Crippen LogP contribution in [0.3, 0.4) is 0 Å². The Kier molecular flexibility index (Phi) is 8.74. The van der Waals surface area contributed by atoms with Gasteiger partial charge >= 0.3 is 0 Å². The van der Waals surface area contributed by atoms with Crippen molar-refractivity contribution in [3.8, 4) is 0 Å². The van der Waals surface area contributed by atoms with Crippen molar-refractivity contribution in [2.24, 2.45) is 5.73 Å². The lowest BCUT2D eigenvalue weighted by Gasteiger charge is -2.28. The van der Waals surface area contributed by atoms with E-state index in [0.29, 0.717) is 13.1 Å². The van der Waals surface area contributed by atoms with Gasteiger partial charge < -0.3 is 15.7 Å². The second-order valence-electron chi connectivity index (χ2n) is 7.76. The third kappa shape index (κ3) is 6.20. The van der Waals surface area contributed by atoms with Crippen LogP contribution in [0.5, 0.6) is 0 Å². The highest BCUT2D eigenvalue weighted by molar-refractivity contribution is 7.99. The van der Waals surface area contributed by atoms with Crippen molar-refractivity contribution in [1.29, 1.82) is 0 Å². The van der Waals surface area contributed by atoms with Crippen molar-refractivity contribution in [2.45, 2.75) is 42.7 Å². The molecule has 2 aromatic carbocycles. The van der Waals surface area contributed by atoms with Gasteiger partial charge in [0.15, 0.2) is 0 Å². The summed E-state index contributed by atoms with van der Waals surface area (Å²) in [6.07, 6.45) is 3.82. The Hall–Kier alpha value is -1.65. The van der Waals surface area contributed by atoms with Crippen LogP contribution in [-0.2, 0) is 14.8 Å². The molecule has 1 saturated heterocycles. The molecule has 4 N–H and O–H groups in total. The number of thioether (sulfide) groups is 1. The van der Waals surface area contributed by atoms with Crippen LogP contribution in [0.2, 0.25) is 0 Å². The average Bonchev–Trinajstić information content (AvgIpc) is 3.25. The summed E-state index contributed by atoms with van der Waals surface area (Å²) in [6.45, 7) is 0.684. The summed E-state index contributed by atoms with van der Waals surface area (Å²) in [5.41, 5.74) is 5.52. The van der Waals surface area contributed by atoms with Crippen molar-refractivity contribution in [2.75, 3.05) is 31.2 Å². The van der Waals surface area contributed by atoms with E-state index in [1.807, 2.05) is 24.3 Å². The predicted molar refractivity (Wildman–Crippen MR) is 125 cm³/mol. The molecule has 0 bridgehead atoms. The van der Waals surface area contributed by atoms with Crippen LogP contribution in [0, 0.1) is 0 Å². The molecule has 7 nitrogen and oxygen atoms in total. The number of aliphatic hydroxyl groups is 1. The standard InChI is InChI=1S/C22H31N3O4S2/c23-11-3-4-13-30-16-19-8-5-12-25(19)22(27)21(15-26)24-31(28,29)20-10-9-17-6-1-2-7-18(17)14-20/h1-2,6-7,9-10,14,19,21,24,26H,3-5,8,11-13,15-16,23H2/t19-,21+/m0/s1. The van der Waals surface area contributed by atoms with E-state index in [0.717, 1.165) is 48.0 Å². The molecule has 2 atom stereocenters. The number of nitrogens with one attached hydrogen (secondary N) is 1. The molecular weight excluding hydrogens is 434 g/mol. The van der Waals surface area contributed by atoms with E-state index in [-0.39, 0.29) is 16.8 Å². The topological polar surface area (TPSA) is 113 Å². The number of rotatable bonds is 11. The SMILES string of the molecule is NCCCCSC[C@@H]1CCCN1C(=O)[C@@H](CO)NS(=O)(=O)c1ccc2ccccc2c1. The minimum Gasteiger partial charge on any atom is -0.394 e. The highest BCUT2D eigenvalue weighted by Crippen LogP contribution is 2.23. The molecule has 1 amide bonds. The van der Waals surface area contributed by atoms with Gasteiger partial charge in [-0.2, -0.15) is 16.5 Å². The quantitative estimate of drug-likeness (QED) is 0.437. The number of nitrogens with two attached hydrogens (primary N) is 1. The number of fused-ring (bicyclic) bond motifs is 1. The van der Waals surface area contributed by atoms with Gasteiger partial charge in [-0.15, -0.1) is 0 Å². The zero-order valence-corrected chi connectivity index (χ0v) is 19.2. The molecule has 0 saturated carbocycles. The van der Waals surface area contributed by atoms with Crippen molar-refractivity contribution < 1.29 is 18.3 Å². The van der Waals surface area contributed by atoms with Gasteiger partial charge in [-0.05, 0) is 60.9 Å². The molecule has 31 heavy (non-hydrogen) atoms. The molecule has 0 spiro atoms. The molecule has 0 unspecified atom stereocenters. The summed E-state index contributed by atoms with van der Waals surface area (Å²) < 4.78 is 28.2. The van der Waals surface area contributed by atoms with Crippen LogP contribution < -0.4 is 10.5 Å². The number of likely N-dealkylation sites (tertiary alicyclic amines) is 1. The molecule has 170 valence electrons. The fraction of sp³-hybridized carbons (Fsp3) is 0.500. The van der Waals surface area contributed by atoms with Crippen LogP contribution in [0.15, 0.2) is 47.4 Å². The van der Waals surface area contributed by atoms with E-state index in [1.165, 1.54) is 6.07 Å². The maximum absolute atomic E-state index is 13.1. The Morgan fingerprint density at radius 1 is 1.23 bits per heavy atom. The molecule has 1 heterocycles. The van der Waals surface area contributed by atoms with Gasteiger partial charge in [-0.3, -0.25) is 4.79 Å². The van der Waals surface area contributed by atoms with E-state index in [9.17, 15) is 18.3 Å². The fourth-order valence-corrected chi connectivity index (χ4v) is 6.23. The molecule has 2 aromatic rings. The van der Waals surface area contributed by atoms with Crippen LogP contribution in [0.4, 0.5) is 0 Å². The maximum atomic E-state index is 13.1. The summed E-state index contributed by atoms with van der Waals surface area (Å²) in [7, 11) is -3.96. The Morgan fingerprint density at radius 2 is 2.00 bits per heavy atom. The third-order valence-corrected chi connectivity index (χ3v) is 8.19. The molecular formula is C22H31N3O4S2. The van der Waals surface area contributed by atoms with Gasteiger partial charge in [-0.1, -0.05) is 30.3 Å². The van der Waals surface area contributed by atoms with E-state index < -0.39 is 22.7 Å². The van der Waals surface area contributed by atoms with Crippen LogP contribution in [0.1, 0.15) is 25.7 Å². The largest absolute Gasteiger partial charge is 0.394 e. The van der Waals surface area contributed by atoms with Crippen LogP contribution in [0.25, 0.3) is 10.8 Å². The summed E-state index contributed by atoms with van der Waals surface area (Å²) in [4.78, 5) is 14.9. The normalized spacial score (nSPS) is 17.9. The van der Waals surface area contributed by atoms with E-state index in [1.54, 1.807) is 28.8 Å². The zero-order valence-electron chi connectivity index (χ0n) is 17.6. The summed E-state index contributed by atoms with van der Waals surface area (Å²) in [5, 5.41) is 11.5. The lowest BCUT2D eigenvalue weighted by molar-refractivity contribution is -0.134. The minimum atomic E-state index is -3.96. The van der Waals surface area contributed by atoms with Crippen LogP contribution in [-0.4, -0.2) is 67.6 Å². The Balaban J connectivity index is 1.66. The molecule has 0 aliphatic carbocycles. The lowest BCUT2D eigenvalue weighted by Crippen LogP contribution is -2.52. The molecule has 9 heteroatoms. The second-order valence-corrected chi connectivity index (χ2v) is 10.6. The first kappa shape index (κ1) is 24.0. The highest BCUT2D eigenvalue weighted by atomic mass is 32.2. The third-order valence-electron chi connectivity index (χ3n) is 5.52. The smallest absolute Gasteiger partial charge is 0.243 e. The molecule has 0 aromatic heterocycles. The van der Waals surface area contributed by atoms with Gasteiger partial charge in [0.05, 0.1) is 11.5 Å². The number of aliphatic hydroxyl groups excluding tert-OH is 1. The average molecular weight is 466 g/mol. The zero-order chi connectivity index (χ0) is 22.3. The first-order valence-corrected chi connectivity index (χ1v) is 13.3. The van der Waals surface area contributed by atoms with Gasteiger partial charge in [-0.25, -0.2) is 8.42 Å². The van der Waals surface area contributed by atoms with Gasteiger partial charge in [0.1, 0.15) is 6.04 Å². The number of sulfonamides is 1. The molecule has 1 aliphatic rings. The van der Waals surface area contributed by atoms with Gasteiger partial charge in [0.2, 0.25) is 15.9 Å². The molecule has 1 fully saturated rings.